The topological polar surface area (TPSA) is 17.1 Å². The second-order valence-electron chi connectivity index (χ2n) is 2.77. The fourth-order valence-corrected chi connectivity index (χ4v) is 1.29. The number of carbonyl (C=O) groups is 1. The predicted molar refractivity (Wildman–Crippen MR) is 36.9 cm³/mol. The molecular weight excluding hydrogens is 198 g/mol. The van der Waals surface area contributed by atoms with Crippen LogP contribution in [0.15, 0.2) is 0 Å². The Morgan fingerprint density at radius 3 is 2.30 bits per heavy atom. The minimum atomic E-state index is 0. The normalized spacial score (nSPS) is 20.3. The van der Waals surface area contributed by atoms with Gasteiger partial charge in [-0.1, -0.05) is 5.92 Å². The van der Waals surface area contributed by atoms with Crippen LogP contribution in [-0.2, 0) is 4.79 Å². The Kier molecular flexibility index (Phi) is 6.93. The molecule has 1 rings (SSSR count). The second-order valence-corrected chi connectivity index (χ2v) is 2.77. The molecule has 0 unspecified atom stereocenters. The molecule has 1 fully saturated rings. The summed E-state index contributed by atoms with van der Waals surface area (Å²) < 4.78 is 0. The van der Waals surface area contributed by atoms with Crippen molar-refractivity contribution in [3.8, 4) is 0 Å². The molecule has 10 heavy (non-hydrogen) atoms. The smallest absolute Gasteiger partial charge is 0.343 e. The van der Waals surface area contributed by atoms with Crippen LogP contribution in [0.25, 0.3) is 0 Å². The minimum Gasteiger partial charge on any atom is -0.343 e. The molecule has 0 bridgehead atoms. The molecular formula is C8H13ORb. The third kappa shape index (κ3) is 3.75. The van der Waals surface area contributed by atoms with Crippen LogP contribution in [0.3, 0.4) is 0 Å². The van der Waals surface area contributed by atoms with Crippen LogP contribution in [0.4, 0.5) is 0 Å². The zero-order valence-corrected chi connectivity index (χ0v) is 11.6. The van der Waals surface area contributed by atoms with E-state index in [9.17, 15) is 4.79 Å². The van der Waals surface area contributed by atoms with Crippen molar-refractivity contribution in [3.63, 3.8) is 0 Å². The van der Waals surface area contributed by atoms with Crippen molar-refractivity contribution in [1.29, 1.82) is 0 Å². The van der Waals surface area contributed by atoms with Gasteiger partial charge < -0.3 is 6.92 Å². The van der Waals surface area contributed by atoms with Crippen molar-refractivity contribution >= 4 is 5.78 Å². The molecule has 1 aliphatic rings. The predicted octanol–water partition coefficient (Wildman–Crippen LogP) is -1.03. The van der Waals surface area contributed by atoms with Crippen LogP contribution in [0.5, 0.6) is 0 Å². The molecule has 0 aliphatic heterocycles. The number of rotatable bonds is 1. The molecule has 1 saturated carbocycles. The zero-order valence-electron chi connectivity index (χ0n) is 6.73. The third-order valence-electron chi connectivity index (χ3n) is 2.07. The van der Waals surface area contributed by atoms with Crippen molar-refractivity contribution in [2.45, 2.75) is 32.1 Å². The first-order chi connectivity index (χ1) is 4.33. The summed E-state index contributed by atoms with van der Waals surface area (Å²) in [6.07, 6.45) is 4.79. The van der Waals surface area contributed by atoms with Gasteiger partial charge in [0.25, 0.3) is 0 Å². The maximum Gasteiger partial charge on any atom is 1.00 e. The Hall–Kier alpha value is 1.48. The van der Waals surface area contributed by atoms with E-state index in [1.165, 1.54) is 0 Å². The molecule has 1 nitrogen and oxygen atoms in total. The van der Waals surface area contributed by atoms with E-state index in [2.05, 4.69) is 6.92 Å². The molecule has 1 aliphatic carbocycles. The molecule has 0 aromatic carbocycles. The summed E-state index contributed by atoms with van der Waals surface area (Å²) in [7, 11) is 0. The van der Waals surface area contributed by atoms with E-state index >= 15 is 0 Å². The van der Waals surface area contributed by atoms with Crippen molar-refractivity contribution in [3.05, 3.63) is 6.92 Å². The summed E-state index contributed by atoms with van der Waals surface area (Å²) in [6, 6.07) is 0. The molecule has 0 spiro atoms. The number of Topliss-reactive ketones (excluding diaryl/α,β-unsaturated/α-hetero) is 1. The van der Waals surface area contributed by atoms with Crippen LogP contribution in [-0.4, -0.2) is 5.78 Å². The monoisotopic (exact) mass is 210 g/mol. The molecule has 2 heteroatoms. The maximum atomic E-state index is 10.7. The first-order valence-electron chi connectivity index (χ1n) is 3.64. The Morgan fingerprint density at radius 1 is 1.40 bits per heavy atom. The molecule has 52 valence electrons. The first kappa shape index (κ1) is 11.5. The van der Waals surface area contributed by atoms with E-state index in [1.54, 1.807) is 0 Å². The van der Waals surface area contributed by atoms with Gasteiger partial charge in [0.15, 0.2) is 0 Å². The van der Waals surface area contributed by atoms with Crippen molar-refractivity contribution in [1.82, 2.24) is 0 Å². The van der Waals surface area contributed by atoms with Crippen molar-refractivity contribution in [2.24, 2.45) is 5.92 Å². The SMILES string of the molecule is [CH2-]CC1CCC(=O)CC1.[Rb+]. The Labute approximate surface area is 112 Å². The fourth-order valence-electron chi connectivity index (χ4n) is 1.29. The Morgan fingerprint density at radius 2 is 1.90 bits per heavy atom. The summed E-state index contributed by atoms with van der Waals surface area (Å²) in [4.78, 5) is 10.7. The molecule has 0 N–H and O–H groups in total. The number of hydrogen-bond donors (Lipinski definition) is 0. The fraction of sp³-hybridized carbons (Fsp3) is 0.750. The largest absolute Gasteiger partial charge is 1.00 e. The number of ketones is 1. The number of hydrogen-bond acceptors (Lipinski definition) is 1. The van der Waals surface area contributed by atoms with Gasteiger partial charge in [-0.15, -0.1) is 0 Å². The third-order valence-corrected chi connectivity index (χ3v) is 2.07. The van der Waals surface area contributed by atoms with Gasteiger partial charge in [0.2, 0.25) is 0 Å². The van der Waals surface area contributed by atoms with Crippen molar-refractivity contribution < 1.29 is 63.0 Å². The first-order valence-corrected chi connectivity index (χ1v) is 3.64. The standard InChI is InChI=1S/C8H13O.Rb/c1-2-7-3-5-8(9)6-4-7;/h7H,1-6H2;/q-1;+1. The molecule has 0 radical (unpaired) electrons. The van der Waals surface area contributed by atoms with Crippen LogP contribution < -0.4 is 58.2 Å². The minimum absolute atomic E-state index is 0. The van der Waals surface area contributed by atoms with Gasteiger partial charge in [-0.05, 0) is 12.8 Å². The van der Waals surface area contributed by atoms with Gasteiger partial charge in [0.1, 0.15) is 5.78 Å². The quantitative estimate of drug-likeness (QED) is 0.506. The maximum absolute atomic E-state index is 10.7. The van der Waals surface area contributed by atoms with Crippen LogP contribution >= 0.6 is 0 Å². The number of carbonyl (C=O) groups excluding carboxylic acids is 1. The van der Waals surface area contributed by atoms with Crippen LogP contribution in [0, 0.1) is 12.8 Å². The van der Waals surface area contributed by atoms with E-state index in [0.29, 0.717) is 5.78 Å². The molecule has 0 heterocycles. The summed E-state index contributed by atoms with van der Waals surface area (Å²) in [5.41, 5.74) is 0. The van der Waals surface area contributed by atoms with E-state index in [0.717, 1.165) is 38.0 Å². The molecule has 0 atom stereocenters. The molecule has 0 aromatic heterocycles. The van der Waals surface area contributed by atoms with E-state index in [-0.39, 0.29) is 58.2 Å². The molecule has 0 aromatic rings. The zero-order chi connectivity index (χ0) is 6.69. The van der Waals surface area contributed by atoms with Crippen LogP contribution in [0.2, 0.25) is 0 Å². The average molecular weight is 211 g/mol. The van der Waals surface area contributed by atoms with Gasteiger partial charge in [0.05, 0.1) is 0 Å². The van der Waals surface area contributed by atoms with Gasteiger partial charge in [-0.25, -0.2) is 0 Å². The average Bonchev–Trinajstić information content (AvgIpc) is 1.90. The second kappa shape index (κ2) is 6.04. The summed E-state index contributed by atoms with van der Waals surface area (Å²) in [6.45, 7) is 3.82. The summed E-state index contributed by atoms with van der Waals surface area (Å²) in [5.74, 6) is 1.18. The Bertz CT molecular complexity index is 102. The van der Waals surface area contributed by atoms with E-state index in [1.807, 2.05) is 0 Å². The van der Waals surface area contributed by atoms with Gasteiger partial charge >= 0.3 is 58.2 Å². The summed E-state index contributed by atoms with van der Waals surface area (Å²) in [5, 5.41) is 0. The Balaban J connectivity index is 0.000000810. The summed E-state index contributed by atoms with van der Waals surface area (Å²) >= 11 is 0. The molecule has 0 amide bonds. The van der Waals surface area contributed by atoms with Crippen molar-refractivity contribution in [2.75, 3.05) is 0 Å². The van der Waals surface area contributed by atoms with Crippen LogP contribution in [0.1, 0.15) is 32.1 Å². The molecule has 0 saturated heterocycles. The van der Waals surface area contributed by atoms with Gasteiger partial charge in [0, 0.05) is 12.8 Å². The van der Waals surface area contributed by atoms with E-state index in [4.69, 9.17) is 0 Å². The van der Waals surface area contributed by atoms with Gasteiger partial charge in [-0.2, -0.15) is 6.42 Å². The van der Waals surface area contributed by atoms with Gasteiger partial charge in [-0.3, -0.25) is 4.79 Å². The van der Waals surface area contributed by atoms with E-state index < -0.39 is 0 Å².